The van der Waals surface area contributed by atoms with Crippen LogP contribution in [0.1, 0.15) is 17.2 Å². The molecule has 0 saturated carbocycles. The number of hydrogen-bond donors (Lipinski definition) is 1. The van der Waals surface area contributed by atoms with E-state index in [9.17, 15) is 4.39 Å². The summed E-state index contributed by atoms with van der Waals surface area (Å²) in [5.41, 5.74) is 8.30. The Morgan fingerprint density at radius 1 is 1.14 bits per heavy atom. The lowest BCUT2D eigenvalue weighted by molar-refractivity contribution is 0.599. The van der Waals surface area contributed by atoms with E-state index in [1.165, 1.54) is 6.07 Å². The summed E-state index contributed by atoms with van der Waals surface area (Å²) in [5, 5.41) is 4.29. The number of halogens is 2. The van der Waals surface area contributed by atoms with Crippen LogP contribution < -0.4 is 5.73 Å². The molecule has 106 valence electrons. The minimum absolute atomic E-state index is 0.329. The molecule has 0 aliphatic heterocycles. The third-order valence-corrected chi connectivity index (χ3v) is 3.77. The second-order valence-corrected chi connectivity index (χ2v) is 5.61. The molecule has 5 heteroatoms. The van der Waals surface area contributed by atoms with Crippen molar-refractivity contribution >= 4 is 15.9 Å². The number of nitrogens with zero attached hydrogens (tertiary/aromatic N) is 2. The van der Waals surface area contributed by atoms with E-state index < -0.39 is 6.04 Å². The maximum Gasteiger partial charge on any atom is 0.129 e. The van der Waals surface area contributed by atoms with Gasteiger partial charge in [0, 0.05) is 21.8 Å². The summed E-state index contributed by atoms with van der Waals surface area (Å²) in [6, 6.07) is 14.0. The van der Waals surface area contributed by atoms with Crippen molar-refractivity contribution in [2.75, 3.05) is 0 Å². The zero-order valence-corrected chi connectivity index (χ0v) is 12.7. The SMILES string of the molecule is NC(c1cnn(-c2ccccc2)c1)c1ccc(Br)cc1F. The fourth-order valence-electron chi connectivity index (χ4n) is 2.15. The van der Waals surface area contributed by atoms with E-state index in [-0.39, 0.29) is 5.82 Å². The number of para-hydroxylation sites is 1. The zero-order chi connectivity index (χ0) is 14.8. The van der Waals surface area contributed by atoms with E-state index in [1.54, 1.807) is 23.0 Å². The number of hydrogen-bond acceptors (Lipinski definition) is 2. The molecular weight excluding hydrogens is 333 g/mol. The van der Waals surface area contributed by atoms with Gasteiger partial charge in [-0.3, -0.25) is 0 Å². The molecule has 0 fully saturated rings. The Labute approximate surface area is 130 Å². The van der Waals surface area contributed by atoms with Gasteiger partial charge in [0.15, 0.2) is 0 Å². The van der Waals surface area contributed by atoms with E-state index in [0.29, 0.717) is 10.0 Å². The molecule has 2 aromatic carbocycles. The van der Waals surface area contributed by atoms with Gasteiger partial charge in [-0.25, -0.2) is 9.07 Å². The zero-order valence-electron chi connectivity index (χ0n) is 11.1. The van der Waals surface area contributed by atoms with Crippen LogP contribution >= 0.6 is 15.9 Å². The van der Waals surface area contributed by atoms with Crippen molar-refractivity contribution in [2.45, 2.75) is 6.04 Å². The van der Waals surface area contributed by atoms with Crippen LogP contribution in [0, 0.1) is 5.82 Å². The molecule has 0 aliphatic carbocycles. The predicted octanol–water partition coefficient (Wildman–Crippen LogP) is 3.82. The minimum atomic E-state index is -0.546. The molecule has 0 bridgehead atoms. The van der Waals surface area contributed by atoms with Crippen LogP contribution in [0.15, 0.2) is 65.4 Å². The molecule has 0 aliphatic rings. The summed E-state index contributed by atoms with van der Waals surface area (Å²) in [6.45, 7) is 0. The van der Waals surface area contributed by atoms with Crippen LogP contribution in [0.3, 0.4) is 0 Å². The summed E-state index contributed by atoms with van der Waals surface area (Å²) in [4.78, 5) is 0. The van der Waals surface area contributed by atoms with Gasteiger partial charge >= 0.3 is 0 Å². The van der Waals surface area contributed by atoms with Crippen molar-refractivity contribution in [1.29, 1.82) is 0 Å². The minimum Gasteiger partial charge on any atom is -0.320 e. The van der Waals surface area contributed by atoms with Gasteiger partial charge in [-0.05, 0) is 24.3 Å². The van der Waals surface area contributed by atoms with Gasteiger partial charge < -0.3 is 5.73 Å². The van der Waals surface area contributed by atoms with Crippen LogP contribution in [0.5, 0.6) is 0 Å². The highest BCUT2D eigenvalue weighted by molar-refractivity contribution is 9.10. The molecule has 0 amide bonds. The molecule has 3 nitrogen and oxygen atoms in total. The molecule has 0 saturated heterocycles. The maximum absolute atomic E-state index is 14.0. The van der Waals surface area contributed by atoms with Crippen molar-refractivity contribution in [1.82, 2.24) is 9.78 Å². The number of benzene rings is 2. The second kappa shape index (κ2) is 5.79. The molecule has 1 unspecified atom stereocenters. The van der Waals surface area contributed by atoms with Crippen LogP contribution in [-0.4, -0.2) is 9.78 Å². The van der Waals surface area contributed by atoms with Crippen molar-refractivity contribution in [3.05, 3.63) is 82.3 Å². The van der Waals surface area contributed by atoms with Crippen molar-refractivity contribution in [3.63, 3.8) is 0 Å². The average Bonchev–Trinajstić information content (AvgIpc) is 2.97. The molecule has 1 aromatic heterocycles. The smallest absolute Gasteiger partial charge is 0.129 e. The summed E-state index contributed by atoms with van der Waals surface area (Å²) >= 11 is 3.24. The predicted molar refractivity (Wildman–Crippen MR) is 83.7 cm³/mol. The average molecular weight is 346 g/mol. The molecule has 1 heterocycles. The first-order valence-corrected chi connectivity index (χ1v) is 7.25. The van der Waals surface area contributed by atoms with Gasteiger partial charge in [0.25, 0.3) is 0 Å². The van der Waals surface area contributed by atoms with Crippen molar-refractivity contribution in [3.8, 4) is 5.69 Å². The lowest BCUT2D eigenvalue weighted by Gasteiger charge is -2.11. The quantitative estimate of drug-likeness (QED) is 0.784. The van der Waals surface area contributed by atoms with E-state index in [4.69, 9.17) is 5.73 Å². The summed E-state index contributed by atoms with van der Waals surface area (Å²) in [6.07, 6.45) is 3.49. The number of rotatable bonds is 3. The maximum atomic E-state index is 14.0. The van der Waals surface area contributed by atoms with Crippen LogP contribution in [0.25, 0.3) is 5.69 Å². The normalized spacial score (nSPS) is 12.3. The van der Waals surface area contributed by atoms with Gasteiger partial charge in [-0.1, -0.05) is 40.2 Å². The second-order valence-electron chi connectivity index (χ2n) is 4.70. The Bertz CT molecular complexity index is 755. The third-order valence-electron chi connectivity index (χ3n) is 3.28. The van der Waals surface area contributed by atoms with E-state index >= 15 is 0 Å². The lowest BCUT2D eigenvalue weighted by atomic mass is 10.0. The molecule has 3 aromatic rings. The summed E-state index contributed by atoms with van der Waals surface area (Å²) in [5.74, 6) is -0.329. The number of aromatic nitrogens is 2. The topological polar surface area (TPSA) is 43.8 Å². The molecular formula is C16H13BrFN3. The Balaban J connectivity index is 1.92. The molecule has 0 spiro atoms. The first kappa shape index (κ1) is 14.0. The van der Waals surface area contributed by atoms with Crippen LogP contribution in [0.2, 0.25) is 0 Å². The summed E-state index contributed by atoms with van der Waals surface area (Å²) < 4.78 is 16.4. The monoisotopic (exact) mass is 345 g/mol. The van der Waals surface area contributed by atoms with Gasteiger partial charge in [-0.2, -0.15) is 5.10 Å². The standard InChI is InChI=1S/C16H13BrFN3/c17-12-6-7-14(15(18)8-12)16(19)11-9-20-21(10-11)13-4-2-1-3-5-13/h1-10,16H,19H2. The molecule has 2 N–H and O–H groups in total. The van der Waals surface area contributed by atoms with Gasteiger partial charge in [-0.15, -0.1) is 0 Å². The Kier molecular flexibility index (Phi) is 3.86. The highest BCUT2D eigenvalue weighted by Gasteiger charge is 2.15. The van der Waals surface area contributed by atoms with E-state index in [1.807, 2.05) is 36.5 Å². The van der Waals surface area contributed by atoms with Crippen LogP contribution in [-0.2, 0) is 0 Å². The Morgan fingerprint density at radius 3 is 2.62 bits per heavy atom. The Morgan fingerprint density at radius 2 is 1.90 bits per heavy atom. The summed E-state index contributed by atoms with van der Waals surface area (Å²) in [7, 11) is 0. The van der Waals surface area contributed by atoms with E-state index in [0.717, 1.165) is 11.3 Å². The first-order chi connectivity index (χ1) is 10.1. The molecule has 21 heavy (non-hydrogen) atoms. The molecule has 3 rings (SSSR count). The van der Waals surface area contributed by atoms with Crippen molar-refractivity contribution in [2.24, 2.45) is 5.73 Å². The third kappa shape index (κ3) is 2.89. The van der Waals surface area contributed by atoms with Gasteiger partial charge in [0.1, 0.15) is 5.82 Å². The largest absolute Gasteiger partial charge is 0.320 e. The fraction of sp³-hybridized carbons (Fsp3) is 0.0625. The van der Waals surface area contributed by atoms with E-state index in [2.05, 4.69) is 21.0 Å². The lowest BCUT2D eigenvalue weighted by Crippen LogP contribution is -2.13. The van der Waals surface area contributed by atoms with Gasteiger partial charge in [0.05, 0.1) is 17.9 Å². The first-order valence-electron chi connectivity index (χ1n) is 6.45. The highest BCUT2D eigenvalue weighted by atomic mass is 79.9. The molecule has 1 atom stereocenters. The Hall–Kier alpha value is -1.98. The van der Waals surface area contributed by atoms with Gasteiger partial charge in [0.2, 0.25) is 0 Å². The molecule has 0 radical (unpaired) electrons. The van der Waals surface area contributed by atoms with Crippen LogP contribution in [0.4, 0.5) is 4.39 Å². The number of nitrogens with two attached hydrogens (primary N) is 1. The van der Waals surface area contributed by atoms with Crippen molar-refractivity contribution < 1.29 is 4.39 Å². The fourth-order valence-corrected chi connectivity index (χ4v) is 2.49. The highest BCUT2D eigenvalue weighted by Crippen LogP contribution is 2.25.